The van der Waals surface area contributed by atoms with Gasteiger partial charge in [0.15, 0.2) is 0 Å². The van der Waals surface area contributed by atoms with Crippen molar-refractivity contribution in [2.45, 2.75) is 58.7 Å². The molecule has 1 rings (SSSR count). The van der Waals surface area contributed by atoms with Crippen molar-refractivity contribution < 1.29 is 14.9 Å². The Balaban J connectivity index is 2.86. The molecular weight excluding hydrogens is 240 g/mol. The smallest absolute Gasteiger partial charge is 0.122 e. The number of aliphatic hydroxyl groups excluding tert-OH is 2. The summed E-state index contributed by atoms with van der Waals surface area (Å²) < 4.78 is 5.76. The van der Waals surface area contributed by atoms with E-state index >= 15 is 0 Å². The lowest BCUT2D eigenvalue weighted by Crippen LogP contribution is -2.24. The number of rotatable bonds is 7. The lowest BCUT2D eigenvalue weighted by atomic mass is 9.91. The van der Waals surface area contributed by atoms with Crippen LogP contribution in [0.4, 0.5) is 0 Å². The van der Waals surface area contributed by atoms with Crippen LogP contribution in [-0.2, 0) is 0 Å². The first-order valence-corrected chi connectivity index (χ1v) is 7.05. The highest BCUT2D eigenvalue weighted by atomic mass is 16.5. The predicted octanol–water partition coefficient (Wildman–Crippen LogP) is 3.02. The van der Waals surface area contributed by atoms with E-state index in [2.05, 4.69) is 19.9 Å². The molecule has 0 aromatic heterocycles. The first kappa shape index (κ1) is 16.0. The van der Waals surface area contributed by atoms with Gasteiger partial charge in [-0.15, -0.1) is 0 Å². The summed E-state index contributed by atoms with van der Waals surface area (Å²) in [6, 6.07) is 6.13. The first-order chi connectivity index (χ1) is 8.95. The Hall–Kier alpha value is -1.06. The molecule has 0 radical (unpaired) electrons. The molecule has 3 unspecified atom stereocenters. The maximum atomic E-state index is 9.80. The molecule has 1 aromatic rings. The van der Waals surface area contributed by atoms with Crippen LogP contribution in [0.3, 0.4) is 0 Å². The van der Waals surface area contributed by atoms with Crippen molar-refractivity contribution in [3.05, 3.63) is 29.3 Å². The summed E-state index contributed by atoms with van der Waals surface area (Å²) in [5.41, 5.74) is 2.28. The number of aryl methyl sites for hydroxylation is 1. The summed E-state index contributed by atoms with van der Waals surface area (Å²) >= 11 is 0. The normalized spacial score (nSPS) is 15.9. The topological polar surface area (TPSA) is 49.7 Å². The second-order valence-corrected chi connectivity index (χ2v) is 5.33. The van der Waals surface area contributed by atoms with Crippen LogP contribution in [0.25, 0.3) is 0 Å². The lowest BCUT2D eigenvalue weighted by molar-refractivity contribution is 0.0226. The van der Waals surface area contributed by atoms with Gasteiger partial charge in [-0.2, -0.15) is 0 Å². The molecule has 108 valence electrons. The first-order valence-electron chi connectivity index (χ1n) is 7.05. The Labute approximate surface area is 116 Å². The molecule has 0 saturated carbocycles. The van der Waals surface area contributed by atoms with Gasteiger partial charge in [-0.1, -0.05) is 31.5 Å². The number of benzene rings is 1. The third kappa shape index (κ3) is 4.84. The third-order valence-corrected chi connectivity index (χ3v) is 3.31. The third-order valence-electron chi connectivity index (χ3n) is 3.31. The van der Waals surface area contributed by atoms with Gasteiger partial charge in [0.25, 0.3) is 0 Å². The molecule has 0 bridgehead atoms. The van der Waals surface area contributed by atoms with Crippen LogP contribution < -0.4 is 4.74 Å². The monoisotopic (exact) mass is 266 g/mol. The lowest BCUT2D eigenvalue weighted by Gasteiger charge is -2.21. The second kappa shape index (κ2) is 7.51. The SMILES string of the molecule is CCCOc1ccc(C)cc1C(C)CC(O)C(C)O. The molecule has 0 saturated heterocycles. The van der Waals surface area contributed by atoms with E-state index in [4.69, 9.17) is 4.74 Å². The molecule has 0 aliphatic carbocycles. The Bertz CT molecular complexity index is 388. The van der Waals surface area contributed by atoms with E-state index in [1.807, 2.05) is 19.1 Å². The van der Waals surface area contributed by atoms with Crippen LogP contribution in [0.5, 0.6) is 5.75 Å². The maximum absolute atomic E-state index is 9.80. The molecule has 0 aliphatic rings. The van der Waals surface area contributed by atoms with Gasteiger partial charge in [-0.05, 0) is 44.2 Å². The highest BCUT2D eigenvalue weighted by Gasteiger charge is 2.19. The molecule has 0 spiro atoms. The van der Waals surface area contributed by atoms with E-state index in [9.17, 15) is 10.2 Å². The van der Waals surface area contributed by atoms with Gasteiger partial charge in [0.2, 0.25) is 0 Å². The quantitative estimate of drug-likeness (QED) is 0.797. The van der Waals surface area contributed by atoms with Crippen LogP contribution in [0.1, 0.15) is 50.7 Å². The average molecular weight is 266 g/mol. The number of ether oxygens (including phenoxy) is 1. The highest BCUT2D eigenvalue weighted by Crippen LogP contribution is 2.31. The minimum Gasteiger partial charge on any atom is -0.493 e. The molecule has 19 heavy (non-hydrogen) atoms. The van der Waals surface area contributed by atoms with Gasteiger partial charge < -0.3 is 14.9 Å². The van der Waals surface area contributed by atoms with Crippen molar-refractivity contribution in [1.29, 1.82) is 0 Å². The number of hydrogen-bond donors (Lipinski definition) is 2. The zero-order chi connectivity index (χ0) is 14.4. The molecule has 3 heteroatoms. The summed E-state index contributed by atoms with van der Waals surface area (Å²) in [5.74, 6) is 1.04. The summed E-state index contributed by atoms with van der Waals surface area (Å²) in [7, 11) is 0. The van der Waals surface area contributed by atoms with Crippen molar-refractivity contribution in [2.75, 3.05) is 6.61 Å². The largest absolute Gasteiger partial charge is 0.493 e. The molecule has 0 aliphatic heterocycles. The Morgan fingerprint density at radius 1 is 1.21 bits per heavy atom. The number of aliphatic hydroxyl groups is 2. The molecule has 2 N–H and O–H groups in total. The predicted molar refractivity (Wildman–Crippen MR) is 77.7 cm³/mol. The van der Waals surface area contributed by atoms with Crippen molar-refractivity contribution in [1.82, 2.24) is 0 Å². The van der Waals surface area contributed by atoms with Crippen LogP contribution in [0.2, 0.25) is 0 Å². The summed E-state index contributed by atoms with van der Waals surface area (Å²) in [6.45, 7) is 8.49. The van der Waals surface area contributed by atoms with Gasteiger partial charge in [0, 0.05) is 0 Å². The Morgan fingerprint density at radius 3 is 2.47 bits per heavy atom. The van der Waals surface area contributed by atoms with Crippen LogP contribution in [0, 0.1) is 6.92 Å². The summed E-state index contributed by atoms with van der Waals surface area (Å²) in [6.07, 6.45) is 0.100. The second-order valence-electron chi connectivity index (χ2n) is 5.33. The minimum absolute atomic E-state index is 0.149. The maximum Gasteiger partial charge on any atom is 0.122 e. The molecule has 0 heterocycles. The average Bonchev–Trinajstić information content (AvgIpc) is 2.36. The van der Waals surface area contributed by atoms with E-state index in [0.29, 0.717) is 13.0 Å². The van der Waals surface area contributed by atoms with Crippen molar-refractivity contribution in [3.8, 4) is 5.75 Å². The zero-order valence-corrected chi connectivity index (χ0v) is 12.4. The van der Waals surface area contributed by atoms with Gasteiger partial charge >= 0.3 is 0 Å². The summed E-state index contributed by atoms with van der Waals surface area (Å²) in [5, 5.41) is 19.2. The van der Waals surface area contributed by atoms with Gasteiger partial charge in [0.1, 0.15) is 5.75 Å². The molecule has 0 amide bonds. The fourth-order valence-electron chi connectivity index (χ4n) is 2.08. The standard InChI is InChI=1S/C16H26O3/c1-5-8-19-16-7-6-11(2)9-14(16)12(3)10-15(18)13(4)17/h6-7,9,12-13,15,17-18H,5,8,10H2,1-4H3. The van der Waals surface area contributed by atoms with E-state index in [0.717, 1.165) is 17.7 Å². The molecule has 1 aromatic carbocycles. The van der Waals surface area contributed by atoms with Crippen LogP contribution in [0.15, 0.2) is 18.2 Å². The van der Waals surface area contributed by atoms with Gasteiger partial charge in [0.05, 0.1) is 18.8 Å². The van der Waals surface area contributed by atoms with Crippen LogP contribution in [-0.4, -0.2) is 29.0 Å². The van der Waals surface area contributed by atoms with Crippen molar-refractivity contribution in [2.24, 2.45) is 0 Å². The summed E-state index contributed by atoms with van der Waals surface area (Å²) in [4.78, 5) is 0. The Morgan fingerprint density at radius 2 is 1.89 bits per heavy atom. The van der Waals surface area contributed by atoms with E-state index in [1.165, 1.54) is 5.56 Å². The van der Waals surface area contributed by atoms with Crippen molar-refractivity contribution >= 4 is 0 Å². The van der Waals surface area contributed by atoms with Crippen molar-refractivity contribution in [3.63, 3.8) is 0 Å². The van der Waals surface area contributed by atoms with Gasteiger partial charge in [-0.25, -0.2) is 0 Å². The highest BCUT2D eigenvalue weighted by molar-refractivity contribution is 5.39. The van der Waals surface area contributed by atoms with Crippen LogP contribution >= 0.6 is 0 Å². The Kier molecular flexibility index (Phi) is 6.32. The van der Waals surface area contributed by atoms with Gasteiger partial charge in [-0.3, -0.25) is 0 Å². The fourth-order valence-corrected chi connectivity index (χ4v) is 2.08. The van der Waals surface area contributed by atoms with E-state index in [-0.39, 0.29) is 5.92 Å². The minimum atomic E-state index is -0.702. The number of hydrogen-bond acceptors (Lipinski definition) is 3. The zero-order valence-electron chi connectivity index (χ0n) is 12.4. The van der Waals surface area contributed by atoms with E-state index in [1.54, 1.807) is 6.92 Å². The van der Waals surface area contributed by atoms with E-state index < -0.39 is 12.2 Å². The fraction of sp³-hybridized carbons (Fsp3) is 0.625. The molecule has 3 atom stereocenters. The molecular formula is C16H26O3. The molecule has 0 fully saturated rings. The molecule has 3 nitrogen and oxygen atoms in total.